The van der Waals surface area contributed by atoms with Crippen molar-refractivity contribution in [1.29, 1.82) is 0 Å². The fourth-order valence-corrected chi connectivity index (χ4v) is 0.799. The molecule has 0 aromatic heterocycles. The summed E-state index contributed by atoms with van der Waals surface area (Å²) in [5.41, 5.74) is 9.44. The van der Waals surface area contributed by atoms with Crippen molar-refractivity contribution in [3.8, 4) is 0 Å². The fraction of sp³-hybridized carbons (Fsp3) is 0.125. The first-order valence-electron chi connectivity index (χ1n) is 3.36. The Morgan fingerprint density at radius 1 is 1.42 bits per heavy atom. The van der Waals surface area contributed by atoms with E-state index in [1.165, 1.54) is 7.11 Å². The number of nitrogens with one attached hydrogen (secondary N) is 1. The number of benzene rings is 1. The van der Waals surface area contributed by atoms with Gasteiger partial charge in [0.1, 0.15) is 0 Å². The summed E-state index contributed by atoms with van der Waals surface area (Å²) in [6.45, 7) is 0. The Bertz CT molecular complexity index is 292. The molecule has 0 aliphatic heterocycles. The van der Waals surface area contributed by atoms with Crippen LogP contribution in [0.2, 0.25) is 0 Å². The van der Waals surface area contributed by atoms with E-state index in [0.29, 0.717) is 11.3 Å². The lowest BCUT2D eigenvalue weighted by Crippen LogP contribution is -2.54. The number of hydrogen-bond acceptors (Lipinski definition) is 2. The molecule has 1 N–H and O–H groups in total. The van der Waals surface area contributed by atoms with Gasteiger partial charge in [-0.15, -0.1) is 0 Å². The third kappa shape index (κ3) is 1.66. The molecule has 0 radical (unpaired) electrons. The number of methoxy groups -OCH3 is 1. The van der Waals surface area contributed by atoms with Gasteiger partial charge in [-0.3, -0.25) is 5.11 Å². The van der Waals surface area contributed by atoms with E-state index in [9.17, 15) is 4.79 Å². The predicted molar refractivity (Wildman–Crippen MR) is 41.8 cm³/mol. The van der Waals surface area contributed by atoms with Crippen molar-refractivity contribution in [2.75, 3.05) is 7.11 Å². The van der Waals surface area contributed by atoms with E-state index in [2.05, 4.69) is 4.74 Å². The minimum atomic E-state index is -0.389. The Morgan fingerprint density at radius 2 is 2.00 bits per heavy atom. The molecule has 0 spiro atoms. The molecular formula is C8H8N2O2. The predicted octanol–water partition coefficient (Wildman–Crippen LogP) is 0.207. The van der Waals surface area contributed by atoms with E-state index in [0.717, 1.165) is 0 Å². The quantitative estimate of drug-likeness (QED) is 0.501. The second-order valence-electron chi connectivity index (χ2n) is 2.18. The highest BCUT2D eigenvalue weighted by atomic mass is 16.5. The Hall–Kier alpha value is -1.71. The van der Waals surface area contributed by atoms with Gasteiger partial charge in [-0.25, -0.2) is 4.79 Å². The number of esters is 1. The molecular weight excluding hydrogens is 156 g/mol. The van der Waals surface area contributed by atoms with Gasteiger partial charge in [-0.1, -0.05) is 0 Å². The SMILES string of the molecule is COC(=O)c1ccc([NH+]=[N-])cc1. The van der Waals surface area contributed by atoms with Crippen molar-refractivity contribution in [1.82, 2.24) is 0 Å². The molecule has 1 rings (SSSR count). The molecule has 0 bridgehead atoms. The maximum Gasteiger partial charge on any atom is 0.337 e. The Balaban J connectivity index is 2.91. The summed E-state index contributed by atoms with van der Waals surface area (Å²) >= 11 is 0. The van der Waals surface area contributed by atoms with Crippen LogP contribution in [0, 0.1) is 0 Å². The summed E-state index contributed by atoms with van der Waals surface area (Å²) in [5, 5.41) is 1.96. The van der Waals surface area contributed by atoms with Gasteiger partial charge in [-0.2, -0.15) is 0 Å². The molecule has 0 amide bonds. The van der Waals surface area contributed by atoms with E-state index in [-0.39, 0.29) is 5.97 Å². The molecule has 12 heavy (non-hydrogen) atoms. The standard InChI is InChI=1S/C8H8N2O2/c1-12-8(11)6-2-4-7(10-9)5-3-6/h2-5,10H,1H3. The summed E-state index contributed by atoms with van der Waals surface area (Å²) in [6.07, 6.45) is 0. The van der Waals surface area contributed by atoms with Gasteiger partial charge in [0.2, 0.25) is 0 Å². The molecule has 4 nitrogen and oxygen atoms in total. The van der Waals surface area contributed by atoms with Crippen LogP contribution in [-0.2, 0) is 4.74 Å². The topological polar surface area (TPSA) is 62.6 Å². The highest BCUT2D eigenvalue weighted by Gasteiger charge is 2.03. The molecule has 0 heterocycles. The zero-order valence-corrected chi connectivity index (χ0v) is 6.57. The summed E-state index contributed by atoms with van der Waals surface area (Å²) in [5.74, 6) is -0.389. The fourth-order valence-electron chi connectivity index (χ4n) is 0.799. The van der Waals surface area contributed by atoms with Crippen molar-refractivity contribution in [3.63, 3.8) is 0 Å². The number of carbonyl (C=O) groups is 1. The molecule has 0 unspecified atom stereocenters. The first-order valence-corrected chi connectivity index (χ1v) is 3.36. The van der Waals surface area contributed by atoms with Crippen LogP contribution in [0.15, 0.2) is 24.3 Å². The van der Waals surface area contributed by atoms with E-state index >= 15 is 0 Å². The van der Waals surface area contributed by atoms with Crippen LogP contribution in [0.3, 0.4) is 0 Å². The van der Waals surface area contributed by atoms with Gasteiger partial charge in [0.15, 0.2) is 5.69 Å². The highest BCUT2D eigenvalue weighted by molar-refractivity contribution is 5.89. The maximum absolute atomic E-state index is 10.9. The maximum atomic E-state index is 10.9. The van der Waals surface area contributed by atoms with Crippen LogP contribution < -0.4 is 5.11 Å². The van der Waals surface area contributed by atoms with Crippen LogP contribution >= 0.6 is 0 Å². The second-order valence-corrected chi connectivity index (χ2v) is 2.18. The normalized spacial score (nSPS) is 9.08. The zero-order chi connectivity index (χ0) is 8.97. The van der Waals surface area contributed by atoms with E-state index < -0.39 is 0 Å². The number of rotatable bonds is 2. The smallest absolute Gasteiger partial charge is 0.337 e. The summed E-state index contributed by atoms with van der Waals surface area (Å²) in [7, 11) is 1.32. The number of ether oxygens (including phenoxy) is 1. The van der Waals surface area contributed by atoms with Gasteiger partial charge in [0, 0.05) is 12.1 Å². The van der Waals surface area contributed by atoms with Gasteiger partial charge < -0.3 is 10.3 Å². The number of carbonyl (C=O) groups excluding carboxylic acids is 1. The van der Waals surface area contributed by atoms with Crippen LogP contribution in [0.4, 0.5) is 5.69 Å². The van der Waals surface area contributed by atoms with Crippen molar-refractivity contribution in [2.45, 2.75) is 0 Å². The van der Waals surface area contributed by atoms with E-state index in [1.54, 1.807) is 24.3 Å². The highest BCUT2D eigenvalue weighted by Crippen LogP contribution is 2.04. The van der Waals surface area contributed by atoms with E-state index in [1.807, 2.05) is 5.11 Å². The molecule has 0 aliphatic carbocycles. The van der Waals surface area contributed by atoms with Gasteiger partial charge >= 0.3 is 5.97 Å². The van der Waals surface area contributed by atoms with E-state index in [4.69, 9.17) is 5.53 Å². The third-order valence-electron chi connectivity index (χ3n) is 1.44. The van der Waals surface area contributed by atoms with Crippen molar-refractivity contribution in [2.24, 2.45) is 0 Å². The monoisotopic (exact) mass is 164 g/mol. The molecule has 0 aliphatic rings. The van der Waals surface area contributed by atoms with Gasteiger partial charge in [0.25, 0.3) is 0 Å². The van der Waals surface area contributed by atoms with Crippen LogP contribution in [-0.4, -0.2) is 13.1 Å². The summed E-state index contributed by atoms with van der Waals surface area (Å²) < 4.78 is 4.49. The average Bonchev–Trinajstić information content (AvgIpc) is 2.17. The van der Waals surface area contributed by atoms with Gasteiger partial charge in [-0.05, 0) is 12.1 Å². The average molecular weight is 164 g/mol. The van der Waals surface area contributed by atoms with Crippen LogP contribution in [0.5, 0.6) is 0 Å². The minimum Gasteiger partial charge on any atom is -0.502 e. The molecule has 4 heteroatoms. The molecule has 0 atom stereocenters. The van der Waals surface area contributed by atoms with Gasteiger partial charge in [0.05, 0.1) is 12.7 Å². The summed E-state index contributed by atoms with van der Waals surface area (Å²) in [6, 6.07) is 6.27. The number of hydrogen-bond donors (Lipinski definition) is 1. The second kappa shape index (κ2) is 3.61. The summed E-state index contributed by atoms with van der Waals surface area (Å²) in [4.78, 5) is 10.9. The zero-order valence-electron chi connectivity index (χ0n) is 6.57. The number of nitrogens with zero attached hydrogens (tertiary/aromatic N) is 1. The largest absolute Gasteiger partial charge is 0.502 e. The first kappa shape index (κ1) is 8.39. The molecule has 0 saturated carbocycles. The molecule has 62 valence electrons. The Kier molecular flexibility index (Phi) is 2.53. The lowest BCUT2D eigenvalue weighted by Gasteiger charge is -1.96. The third-order valence-corrected chi connectivity index (χ3v) is 1.44. The van der Waals surface area contributed by atoms with Crippen molar-refractivity contribution >= 4 is 11.7 Å². The van der Waals surface area contributed by atoms with Crippen LogP contribution in [0.25, 0.3) is 5.53 Å². The Labute approximate surface area is 69.7 Å². The van der Waals surface area contributed by atoms with Crippen molar-refractivity contribution < 1.29 is 14.6 Å². The molecule has 1 aromatic rings. The molecule has 1 aromatic carbocycles. The Morgan fingerprint density at radius 3 is 2.42 bits per heavy atom. The lowest BCUT2D eigenvalue weighted by molar-refractivity contribution is -0.379. The first-order chi connectivity index (χ1) is 5.77. The molecule has 0 fully saturated rings. The van der Waals surface area contributed by atoms with Crippen molar-refractivity contribution in [3.05, 3.63) is 35.4 Å². The molecule has 0 saturated heterocycles. The minimum absolute atomic E-state index is 0.389. The van der Waals surface area contributed by atoms with Crippen LogP contribution in [0.1, 0.15) is 10.4 Å². The lowest BCUT2D eigenvalue weighted by atomic mass is 10.2.